The minimum atomic E-state index is -5.57. The normalized spacial score (nSPS) is 23.4. The number of hydrogen-bond donors (Lipinski definition) is 1. The van der Waals surface area contributed by atoms with Crippen molar-refractivity contribution in [3.63, 3.8) is 0 Å². The minimum Gasteiger partial charge on any atom is -0.465 e. The third-order valence-corrected chi connectivity index (χ3v) is 2.06. The van der Waals surface area contributed by atoms with Crippen molar-refractivity contribution >= 4 is 5.97 Å². The molecule has 1 heterocycles. The summed E-state index contributed by atoms with van der Waals surface area (Å²) < 4.78 is 78.1. The number of hydrazine groups is 1. The largest absolute Gasteiger partial charge is 0.465 e. The maximum Gasteiger partial charge on any atom is 0.431 e. The second-order valence-corrected chi connectivity index (χ2v) is 3.21. The quantitative estimate of drug-likeness (QED) is 0.473. The summed E-state index contributed by atoms with van der Waals surface area (Å²) in [7, 11) is 0. The molecule has 1 rings (SSSR count). The molecule has 1 aliphatic rings. The van der Waals surface area contributed by atoms with E-state index in [-0.39, 0.29) is 11.6 Å². The van der Waals surface area contributed by atoms with Gasteiger partial charge in [0, 0.05) is 0 Å². The average Bonchev–Trinajstić information content (AvgIpc) is 2.77. The van der Waals surface area contributed by atoms with Crippen LogP contribution in [-0.4, -0.2) is 42.1 Å². The van der Waals surface area contributed by atoms with Crippen molar-refractivity contribution in [1.82, 2.24) is 10.4 Å². The average molecular weight is 266 g/mol. The highest BCUT2D eigenvalue weighted by molar-refractivity contribution is 5.72. The molecule has 0 aromatic rings. The molecule has 10 heteroatoms. The predicted octanol–water partition coefficient (Wildman–Crippen LogP) is 1.19. The fraction of sp³-hybridized carbons (Fsp3) is 0.857. The van der Waals surface area contributed by atoms with E-state index in [1.165, 1.54) is 6.92 Å². The van der Waals surface area contributed by atoms with Crippen LogP contribution in [0.1, 0.15) is 6.92 Å². The van der Waals surface area contributed by atoms with Gasteiger partial charge in [-0.2, -0.15) is 31.4 Å². The summed E-state index contributed by atoms with van der Waals surface area (Å²) in [5, 5.41) is -0.245. The molecule has 1 N–H and O–H groups in total. The Morgan fingerprint density at radius 3 is 2.00 bits per heavy atom. The Morgan fingerprint density at radius 2 is 1.71 bits per heavy atom. The number of carbonyl (C=O) groups excluding carboxylic acids is 1. The van der Waals surface area contributed by atoms with Crippen molar-refractivity contribution in [2.24, 2.45) is 0 Å². The standard InChI is InChI=1S/C7H8F6N2O2/c1-2-17-4(16)3-15-5(14-15,6(8,9)10)7(11,12)13/h14H,2-3H2,1H3. The van der Waals surface area contributed by atoms with Gasteiger partial charge in [-0.05, 0) is 6.92 Å². The van der Waals surface area contributed by atoms with E-state index in [1.54, 1.807) is 0 Å². The van der Waals surface area contributed by atoms with Crippen LogP contribution < -0.4 is 5.43 Å². The van der Waals surface area contributed by atoms with Crippen molar-refractivity contribution < 1.29 is 35.9 Å². The first-order valence-corrected chi connectivity index (χ1v) is 4.40. The summed E-state index contributed by atoms with van der Waals surface area (Å²) in [6.45, 7) is 0.124. The van der Waals surface area contributed by atoms with E-state index in [9.17, 15) is 31.1 Å². The van der Waals surface area contributed by atoms with Gasteiger partial charge in [0.1, 0.15) is 6.54 Å². The zero-order valence-corrected chi connectivity index (χ0v) is 8.45. The van der Waals surface area contributed by atoms with Crippen LogP contribution in [-0.2, 0) is 9.53 Å². The monoisotopic (exact) mass is 266 g/mol. The molecule has 0 aromatic carbocycles. The van der Waals surface area contributed by atoms with Gasteiger partial charge >= 0.3 is 18.3 Å². The lowest BCUT2D eigenvalue weighted by molar-refractivity contribution is -0.279. The summed E-state index contributed by atoms with van der Waals surface area (Å²) in [6, 6.07) is 0. The second kappa shape index (κ2) is 4.02. The molecule has 1 atom stereocenters. The van der Waals surface area contributed by atoms with Gasteiger partial charge in [-0.15, -0.1) is 0 Å². The number of alkyl halides is 6. The summed E-state index contributed by atoms with van der Waals surface area (Å²) >= 11 is 0. The van der Waals surface area contributed by atoms with Gasteiger partial charge in [0.15, 0.2) is 0 Å². The number of nitrogens with one attached hydrogen (secondary N) is 1. The topological polar surface area (TPSA) is 51.2 Å². The maximum atomic E-state index is 12.3. The minimum absolute atomic E-state index is 0.127. The van der Waals surface area contributed by atoms with Crippen LogP contribution in [0.15, 0.2) is 0 Å². The highest BCUT2D eigenvalue weighted by Gasteiger charge is 2.84. The zero-order valence-electron chi connectivity index (χ0n) is 8.45. The van der Waals surface area contributed by atoms with Crippen LogP contribution >= 0.6 is 0 Å². The molecule has 4 nitrogen and oxygen atoms in total. The molecule has 0 amide bonds. The molecule has 1 aliphatic heterocycles. The zero-order chi connectivity index (χ0) is 13.5. The van der Waals surface area contributed by atoms with Crippen LogP contribution in [0.4, 0.5) is 26.3 Å². The van der Waals surface area contributed by atoms with E-state index in [2.05, 4.69) is 4.74 Å². The van der Waals surface area contributed by atoms with Crippen molar-refractivity contribution in [3.05, 3.63) is 0 Å². The molecule has 1 saturated heterocycles. The Labute approximate surface area is 91.5 Å². The Kier molecular flexibility index (Phi) is 3.32. The first-order valence-electron chi connectivity index (χ1n) is 4.40. The third kappa shape index (κ3) is 2.32. The summed E-state index contributed by atoms with van der Waals surface area (Å²) in [4.78, 5) is 10.8. The lowest BCUT2D eigenvalue weighted by atomic mass is 10.2. The maximum absolute atomic E-state index is 12.3. The lowest BCUT2D eigenvalue weighted by Gasteiger charge is -2.20. The summed E-state index contributed by atoms with van der Waals surface area (Å²) in [6.07, 6.45) is -11.1. The van der Waals surface area contributed by atoms with Crippen molar-refractivity contribution in [2.75, 3.05) is 13.2 Å². The first kappa shape index (κ1) is 14.0. The molecule has 17 heavy (non-hydrogen) atoms. The van der Waals surface area contributed by atoms with E-state index in [0.717, 1.165) is 5.43 Å². The van der Waals surface area contributed by atoms with Gasteiger partial charge in [-0.25, -0.2) is 5.43 Å². The van der Waals surface area contributed by atoms with E-state index < -0.39 is 30.5 Å². The molecular weight excluding hydrogens is 258 g/mol. The Balaban J connectivity index is 2.78. The van der Waals surface area contributed by atoms with E-state index in [4.69, 9.17) is 0 Å². The second-order valence-electron chi connectivity index (χ2n) is 3.21. The smallest absolute Gasteiger partial charge is 0.431 e. The molecule has 0 bridgehead atoms. The third-order valence-electron chi connectivity index (χ3n) is 2.06. The van der Waals surface area contributed by atoms with Gasteiger partial charge in [0.05, 0.1) is 6.61 Å². The summed E-state index contributed by atoms with van der Waals surface area (Å²) in [5.41, 5.74) is -3.01. The SMILES string of the molecule is CCOC(=O)CN1NC1(C(F)(F)F)C(F)(F)F. The van der Waals surface area contributed by atoms with Crippen LogP contribution in [0, 0.1) is 0 Å². The number of rotatable bonds is 3. The van der Waals surface area contributed by atoms with Gasteiger partial charge in [-0.1, -0.05) is 0 Å². The van der Waals surface area contributed by atoms with Gasteiger partial charge in [0.25, 0.3) is 5.66 Å². The lowest BCUT2D eigenvalue weighted by Crippen LogP contribution is -2.51. The molecule has 0 aromatic heterocycles. The van der Waals surface area contributed by atoms with Crippen LogP contribution in [0.3, 0.4) is 0 Å². The number of carbonyl (C=O) groups is 1. The molecule has 1 unspecified atom stereocenters. The van der Waals surface area contributed by atoms with Gasteiger partial charge < -0.3 is 4.74 Å². The summed E-state index contributed by atoms with van der Waals surface area (Å²) in [5.74, 6) is -1.17. The number of hydrogen-bond acceptors (Lipinski definition) is 4. The van der Waals surface area contributed by atoms with Crippen LogP contribution in [0.2, 0.25) is 0 Å². The Bertz CT molecular complexity index is 298. The molecule has 0 spiro atoms. The Hall–Kier alpha value is -1.03. The number of nitrogens with zero attached hydrogens (tertiary/aromatic N) is 1. The van der Waals surface area contributed by atoms with Crippen LogP contribution in [0.5, 0.6) is 0 Å². The van der Waals surface area contributed by atoms with Gasteiger partial charge in [-0.3, -0.25) is 4.79 Å². The molecule has 0 aliphatic carbocycles. The highest BCUT2D eigenvalue weighted by Crippen LogP contribution is 2.51. The van der Waals surface area contributed by atoms with Gasteiger partial charge in [0.2, 0.25) is 0 Å². The molecule has 0 radical (unpaired) electrons. The number of esters is 1. The fourth-order valence-electron chi connectivity index (χ4n) is 1.26. The van der Waals surface area contributed by atoms with Crippen LogP contribution in [0.25, 0.3) is 0 Å². The molecule has 100 valence electrons. The fourth-order valence-corrected chi connectivity index (χ4v) is 1.26. The number of ether oxygens (including phenoxy) is 1. The molecule has 0 saturated carbocycles. The molecular formula is C7H8F6N2O2. The van der Waals surface area contributed by atoms with E-state index >= 15 is 0 Å². The molecule has 1 fully saturated rings. The van der Waals surface area contributed by atoms with Crippen molar-refractivity contribution in [2.45, 2.75) is 24.9 Å². The number of halogens is 6. The van der Waals surface area contributed by atoms with Crippen molar-refractivity contribution in [3.8, 4) is 0 Å². The Morgan fingerprint density at radius 1 is 1.24 bits per heavy atom. The highest BCUT2D eigenvalue weighted by atomic mass is 19.4. The van der Waals surface area contributed by atoms with E-state index in [0.29, 0.717) is 0 Å². The van der Waals surface area contributed by atoms with E-state index in [1.807, 2.05) is 0 Å². The first-order chi connectivity index (χ1) is 7.56. The predicted molar refractivity (Wildman–Crippen MR) is 41.3 cm³/mol. The van der Waals surface area contributed by atoms with Crippen molar-refractivity contribution in [1.29, 1.82) is 0 Å².